The van der Waals surface area contributed by atoms with Gasteiger partial charge in [-0.3, -0.25) is 0 Å². The van der Waals surface area contributed by atoms with Crippen molar-refractivity contribution in [2.75, 3.05) is 0 Å². The molecular formula is C12H15N3O2. The van der Waals surface area contributed by atoms with Crippen molar-refractivity contribution in [3.8, 4) is 5.69 Å². The Morgan fingerprint density at radius 3 is 2.12 bits per heavy atom. The SMILES string of the molecule is CCn1c(=O)n(CC)n(-c2ccccc2)c1=O. The van der Waals surface area contributed by atoms with Crippen LogP contribution in [0.15, 0.2) is 39.9 Å². The minimum absolute atomic E-state index is 0.260. The summed E-state index contributed by atoms with van der Waals surface area (Å²) in [5.41, 5.74) is 0.165. The summed E-state index contributed by atoms with van der Waals surface area (Å²) in [7, 11) is 0. The van der Waals surface area contributed by atoms with Crippen molar-refractivity contribution < 1.29 is 0 Å². The Morgan fingerprint density at radius 2 is 1.59 bits per heavy atom. The van der Waals surface area contributed by atoms with Gasteiger partial charge in [-0.25, -0.2) is 18.8 Å². The molecule has 0 saturated heterocycles. The second kappa shape index (κ2) is 4.45. The van der Waals surface area contributed by atoms with E-state index in [1.165, 1.54) is 13.9 Å². The van der Waals surface area contributed by atoms with E-state index in [4.69, 9.17) is 0 Å². The Kier molecular flexibility index (Phi) is 2.99. The number of hydrogen-bond acceptors (Lipinski definition) is 2. The Balaban J connectivity index is 2.79. The lowest BCUT2D eigenvalue weighted by Crippen LogP contribution is -2.27. The summed E-state index contributed by atoms with van der Waals surface area (Å²) >= 11 is 0. The van der Waals surface area contributed by atoms with E-state index in [0.717, 1.165) is 0 Å². The van der Waals surface area contributed by atoms with Crippen molar-refractivity contribution in [1.82, 2.24) is 13.9 Å². The van der Waals surface area contributed by atoms with E-state index >= 15 is 0 Å². The van der Waals surface area contributed by atoms with Gasteiger partial charge in [-0.05, 0) is 26.0 Å². The number of benzene rings is 1. The van der Waals surface area contributed by atoms with Crippen LogP contribution in [-0.4, -0.2) is 13.9 Å². The highest BCUT2D eigenvalue weighted by atomic mass is 16.2. The second-order valence-electron chi connectivity index (χ2n) is 3.67. The molecule has 1 aromatic heterocycles. The van der Waals surface area contributed by atoms with E-state index in [-0.39, 0.29) is 11.4 Å². The number of rotatable bonds is 3. The molecule has 0 aliphatic rings. The van der Waals surface area contributed by atoms with Crippen LogP contribution in [0.3, 0.4) is 0 Å². The molecule has 0 spiro atoms. The molecule has 0 aliphatic carbocycles. The van der Waals surface area contributed by atoms with E-state index in [1.807, 2.05) is 37.3 Å². The van der Waals surface area contributed by atoms with Crippen LogP contribution in [0.2, 0.25) is 0 Å². The third-order valence-corrected chi connectivity index (χ3v) is 2.72. The fraction of sp³-hybridized carbons (Fsp3) is 0.333. The lowest BCUT2D eigenvalue weighted by molar-refractivity contribution is 0.554. The third-order valence-electron chi connectivity index (χ3n) is 2.72. The van der Waals surface area contributed by atoms with Crippen LogP contribution < -0.4 is 11.4 Å². The molecule has 0 unspecified atom stereocenters. The highest BCUT2D eigenvalue weighted by Gasteiger charge is 2.14. The zero-order valence-electron chi connectivity index (χ0n) is 9.96. The lowest BCUT2D eigenvalue weighted by atomic mass is 10.3. The maximum atomic E-state index is 12.1. The van der Waals surface area contributed by atoms with Crippen LogP contribution in [0, 0.1) is 0 Å². The van der Waals surface area contributed by atoms with Crippen molar-refractivity contribution in [1.29, 1.82) is 0 Å². The number of hydrogen-bond donors (Lipinski definition) is 0. The van der Waals surface area contributed by atoms with Crippen LogP contribution in [-0.2, 0) is 13.1 Å². The Hall–Kier alpha value is -2.04. The lowest BCUT2D eigenvalue weighted by Gasteiger charge is -2.06. The van der Waals surface area contributed by atoms with Gasteiger partial charge in [-0.1, -0.05) is 18.2 Å². The maximum Gasteiger partial charge on any atom is 0.351 e. The molecule has 1 heterocycles. The first kappa shape index (κ1) is 11.4. The largest absolute Gasteiger partial charge is 0.351 e. The summed E-state index contributed by atoms with van der Waals surface area (Å²) in [6, 6.07) is 9.19. The first-order valence-electron chi connectivity index (χ1n) is 5.68. The molecule has 0 atom stereocenters. The fourth-order valence-electron chi connectivity index (χ4n) is 1.89. The van der Waals surface area contributed by atoms with Gasteiger partial charge in [-0.15, -0.1) is 0 Å². The molecule has 2 rings (SSSR count). The summed E-state index contributed by atoms with van der Waals surface area (Å²) in [5, 5.41) is 0. The highest BCUT2D eigenvalue weighted by molar-refractivity contribution is 5.29. The molecule has 0 amide bonds. The van der Waals surface area contributed by atoms with Crippen molar-refractivity contribution in [2.24, 2.45) is 0 Å². The summed E-state index contributed by atoms with van der Waals surface area (Å²) < 4.78 is 4.10. The van der Waals surface area contributed by atoms with Gasteiger partial charge in [0.2, 0.25) is 0 Å². The van der Waals surface area contributed by atoms with E-state index in [2.05, 4.69) is 0 Å². The predicted molar refractivity (Wildman–Crippen MR) is 65.6 cm³/mol. The second-order valence-corrected chi connectivity index (χ2v) is 3.67. The summed E-state index contributed by atoms with van der Waals surface area (Å²) in [6.07, 6.45) is 0. The summed E-state index contributed by atoms with van der Waals surface area (Å²) in [6.45, 7) is 4.49. The van der Waals surface area contributed by atoms with Gasteiger partial charge in [0.25, 0.3) is 0 Å². The van der Waals surface area contributed by atoms with Crippen LogP contribution in [0.5, 0.6) is 0 Å². The molecule has 0 fully saturated rings. The van der Waals surface area contributed by atoms with E-state index in [9.17, 15) is 9.59 Å². The standard InChI is InChI=1S/C12H15N3O2/c1-3-13-11(16)14(4-2)15(12(13)17)10-8-6-5-7-9-10/h5-9H,3-4H2,1-2H3. The van der Waals surface area contributed by atoms with Crippen LogP contribution in [0.25, 0.3) is 5.69 Å². The molecular weight excluding hydrogens is 218 g/mol. The molecule has 0 aliphatic heterocycles. The van der Waals surface area contributed by atoms with Gasteiger partial charge in [0.05, 0.1) is 5.69 Å². The van der Waals surface area contributed by atoms with Gasteiger partial charge in [0.1, 0.15) is 0 Å². The van der Waals surface area contributed by atoms with E-state index in [0.29, 0.717) is 18.8 Å². The van der Waals surface area contributed by atoms with Gasteiger partial charge in [-0.2, -0.15) is 4.68 Å². The smallest absolute Gasteiger partial charge is 0.246 e. The molecule has 0 saturated carbocycles. The molecule has 0 radical (unpaired) electrons. The van der Waals surface area contributed by atoms with Crippen molar-refractivity contribution in [3.63, 3.8) is 0 Å². The van der Waals surface area contributed by atoms with Gasteiger partial charge in [0, 0.05) is 13.1 Å². The molecule has 5 nitrogen and oxygen atoms in total. The fourth-order valence-corrected chi connectivity index (χ4v) is 1.89. The molecule has 1 aromatic carbocycles. The van der Waals surface area contributed by atoms with E-state index < -0.39 is 0 Å². The topological polar surface area (TPSA) is 48.9 Å². The summed E-state index contributed by atoms with van der Waals surface area (Å²) in [4.78, 5) is 24.1. The minimum atomic E-state index is -0.287. The molecule has 5 heteroatoms. The van der Waals surface area contributed by atoms with Crippen molar-refractivity contribution in [3.05, 3.63) is 51.3 Å². The first-order valence-corrected chi connectivity index (χ1v) is 5.68. The average Bonchev–Trinajstić information content (AvgIpc) is 2.61. The number of aromatic nitrogens is 3. The number of nitrogens with zero attached hydrogens (tertiary/aromatic N) is 3. The van der Waals surface area contributed by atoms with Gasteiger partial charge < -0.3 is 0 Å². The summed E-state index contributed by atoms with van der Waals surface area (Å²) in [5.74, 6) is 0. The van der Waals surface area contributed by atoms with Crippen LogP contribution >= 0.6 is 0 Å². The Labute approximate surface area is 98.5 Å². The van der Waals surface area contributed by atoms with Gasteiger partial charge >= 0.3 is 11.4 Å². The van der Waals surface area contributed by atoms with Crippen molar-refractivity contribution in [2.45, 2.75) is 26.9 Å². The van der Waals surface area contributed by atoms with Crippen LogP contribution in [0.4, 0.5) is 0 Å². The highest BCUT2D eigenvalue weighted by Crippen LogP contribution is 2.02. The van der Waals surface area contributed by atoms with Crippen LogP contribution in [0.1, 0.15) is 13.8 Å². The quantitative estimate of drug-likeness (QED) is 0.788. The first-order chi connectivity index (χ1) is 8.20. The third kappa shape index (κ3) is 1.73. The zero-order valence-corrected chi connectivity index (χ0v) is 9.96. The molecule has 0 bridgehead atoms. The van der Waals surface area contributed by atoms with Gasteiger partial charge in [0.15, 0.2) is 0 Å². The molecule has 17 heavy (non-hydrogen) atoms. The predicted octanol–water partition coefficient (Wildman–Crippen LogP) is 0.841. The average molecular weight is 233 g/mol. The molecule has 0 N–H and O–H groups in total. The minimum Gasteiger partial charge on any atom is -0.246 e. The monoisotopic (exact) mass is 233 g/mol. The molecule has 90 valence electrons. The Morgan fingerprint density at radius 1 is 0.941 bits per heavy atom. The van der Waals surface area contributed by atoms with E-state index in [1.54, 1.807) is 6.92 Å². The zero-order chi connectivity index (χ0) is 12.4. The number of para-hydroxylation sites is 1. The normalized spacial score (nSPS) is 10.7. The van der Waals surface area contributed by atoms with Crippen molar-refractivity contribution >= 4 is 0 Å². The maximum absolute atomic E-state index is 12.1. The molecule has 2 aromatic rings. The Bertz CT molecular complexity index is 619.